The normalized spacial score (nSPS) is 20.9. The van der Waals surface area contributed by atoms with E-state index in [-0.39, 0.29) is 11.4 Å². The zero-order valence-electron chi connectivity index (χ0n) is 14.8. The molecule has 1 nitrogen and oxygen atoms in total. The molecule has 4 rings (SSSR count). The molecule has 0 radical (unpaired) electrons. The minimum atomic E-state index is -0.0994. The lowest BCUT2D eigenvalue weighted by Crippen LogP contribution is -2.49. The van der Waals surface area contributed by atoms with Crippen LogP contribution in [-0.4, -0.2) is 18.0 Å². The number of benzene rings is 2. The molecule has 1 aliphatic carbocycles. The molecule has 1 saturated carbocycles. The first-order chi connectivity index (χ1) is 12.3. The van der Waals surface area contributed by atoms with Crippen molar-refractivity contribution in [1.29, 1.82) is 0 Å². The first-order valence-corrected chi connectivity index (χ1v) is 9.54. The summed E-state index contributed by atoms with van der Waals surface area (Å²) in [7, 11) is 0. The van der Waals surface area contributed by atoms with Gasteiger partial charge in [-0.2, -0.15) is 0 Å². The first-order valence-electron chi connectivity index (χ1n) is 9.54. The number of hydrogen-bond donors (Lipinski definition) is 0. The van der Waals surface area contributed by atoms with Crippen LogP contribution in [0.2, 0.25) is 0 Å². The molecular weight excluding hydrogens is 309 g/mol. The molecule has 1 heterocycles. The van der Waals surface area contributed by atoms with E-state index in [1.165, 1.54) is 37.7 Å². The van der Waals surface area contributed by atoms with Gasteiger partial charge in [0.05, 0.1) is 0 Å². The van der Waals surface area contributed by atoms with Crippen molar-refractivity contribution in [1.82, 2.24) is 4.90 Å². The third-order valence-corrected chi connectivity index (χ3v) is 6.03. The lowest BCUT2D eigenvalue weighted by molar-refractivity contribution is 0.0569. The lowest BCUT2D eigenvalue weighted by Gasteiger charge is -2.48. The van der Waals surface area contributed by atoms with E-state index in [4.69, 9.17) is 0 Å². The predicted molar refractivity (Wildman–Crippen MR) is 102 cm³/mol. The summed E-state index contributed by atoms with van der Waals surface area (Å²) in [6.45, 7) is 1.92. The average molecular weight is 335 g/mol. The van der Waals surface area contributed by atoms with Gasteiger partial charge in [-0.25, -0.2) is 4.39 Å². The molecule has 25 heavy (non-hydrogen) atoms. The Balaban J connectivity index is 1.62. The summed E-state index contributed by atoms with van der Waals surface area (Å²) < 4.78 is 14.1. The monoisotopic (exact) mass is 335 g/mol. The summed E-state index contributed by atoms with van der Waals surface area (Å²) in [5.74, 6) is -0.0994. The van der Waals surface area contributed by atoms with E-state index in [2.05, 4.69) is 41.3 Å². The van der Waals surface area contributed by atoms with Gasteiger partial charge in [0.1, 0.15) is 5.82 Å². The molecule has 2 aromatic rings. The van der Waals surface area contributed by atoms with Crippen molar-refractivity contribution < 1.29 is 4.39 Å². The van der Waals surface area contributed by atoms with E-state index < -0.39 is 0 Å². The highest BCUT2D eigenvalue weighted by Crippen LogP contribution is 2.43. The molecule has 1 fully saturated rings. The third-order valence-electron chi connectivity index (χ3n) is 6.03. The second-order valence-electron chi connectivity index (χ2n) is 7.36. The summed E-state index contributed by atoms with van der Waals surface area (Å²) in [6, 6.07) is 18.2. The standard InChI is InChI=1S/C23H26FN/c24-22-12-6-5-11-21(22)19-13-17-25(18-14-19)23(15-7-2-8-16-23)20-9-3-1-4-10-20/h1,3-6,9-13H,2,7-8,14-18H2. The highest BCUT2D eigenvalue weighted by atomic mass is 19.1. The zero-order chi connectivity index (χ0) is 17.1. The Kier molecular flexibility index (Phi) is 4.72. The minimum absolute atomic E-state index is 0.0994. The Morgan fingerprint density at radius 1 is 0.840 bits per heavy atom. The Bertz CT molecular complexity index is 744. The van der Waals surface area contributed by atoms with Gasteiger partial charge < -0.3 is 0 Å². The van der Waals surface area contributed by atoms with Crippen LogP contribution in [-0.2, 0) is 5.54 Å². The van der Waals surface area contributed by atoms with Gasteiger partial charge in [-0.1, -0.05) is 73.9 Å². The Labute approximate surface area is 150 Å². The summed E-state index contributed by atoms with van der Waals surface area (Å²) in [5, 5.41) is 0. The summed E-state index contributed by atoms with van der Waals surface area (Å²) in [4.78, 5) is 2.64. The van der Waals surface area contributed by atoms with Gasteiger partial charge in [0, 0.05) is 24.2 Å². The van der Waals surface area contributed by atoms with Crippen molar-refractivity contribution in [2.24, 2.45) is 0 Å². The van der Waals surface area contributed by atoms with Crippen molar-refractivity contribution in [2.75, 3.05) is 13.1 Å². The molecular formula is C23H26FN. The molecule has 1 aliphatic heterocycles. The molecule has 2 aliphatic rings. The smallest absolute Gasteiger partial charge is 0.130 e. The van der Waals surface area contributed by atoms with Crippen molar-refractivity contribution in [3.05, 3.63) is 77.6 Å². The molecule has 0 unspecified atom stereocenters. The predicted octanol–water partition coefficient (Wildman–Crippen LogP) is 5.77. The number of rotatable bonds is 3. The molecule has 130 valence electrons. The van der Waals surface area contributed by atoms with Gasteiger partial charge in [0.2, 0.25) is 0 Å². The van der Waals surface area contributed by atoms with Crippen molar-refractivity contribution in [3.8, 4) is 0 Å². The van der Waals surface area contributed by atoms with Crippen LogP contribution in [0.25, 0.3) is 5.57 Å². The Morgan fingerprint density at radius 2 is 1.56 bits per heavy atom. The van der Waals surface area contributed by atoms with Gasteiger partial charge in [-0.3, -0.25) is 4.90 Å². The van der Waals surface area contributed by atoms with Crippen molar-refractivity contribution in [3.63, 3.8) is 0 Å². The van der Waals surface area contributed by atoms with E-state index in [0.29, 0.717) is 0 Å². The van der Waals surface area contributed by atoms with Crippen molar-refractivity contribution >= 4 is 5.57 Å². The fraction of sp³-hybridized carbons (Fsp3) is 0.391. The van der Waals surface area contributed by atoms with E-state index in [1.807, 2.05) is 12.1 Å². The second-order valence-corrected chi connectivity index (χ2v) is 7.36. The van der Waals surface area contributed by atoms with Gasteiger partial charge in [-0.15, -0.1) is 0 Å². The third kappa shape index (κ3) is 3.16. The van der Waals surface area contributed by atoms with Crippen LogP contribution in [0.4, 0.5) is 4.39 Å². The molecule has 0 N–H and O–H groups in total. The first kappa shape index (κ1) is 16.5. The highest BCUT2D eigenvalue weighted by molar-refractivity contribution is 5.67. The summed E-state index contributed by atoms with van der Waals surface area (Å²) in [5.41, 5.74) is 3.56. The quantitative estimate of drug-likeness (QED) is 0.688. The SMILES string of the molecule is Fc1ccccc1C1=CCN(C2(c3ccccc3)CCCCC2)CC1. The lowest BCUT2D eigenvalue weighted by atomic mass is 9.74. The van der Waals surface area contributed by atoms with Crippen LogP contribution in [0, 0.1) is 5.82 Å². The molecule has 2 aromatic carbocycles. The van der Waals surface area contributed by atoms with Crippen LogP contribution >= 0.6 is 0 Å². The van der Waals surface area contributed by atoms with Crippen LogP contribution in [0.1, 0.15) is 49.7 Å². The fourth-order valence-electron chi connectivity index (χ4n) is 4.70. The number of nitrogens with zero attached hydrogens (tertiary/aromatic N) is 1. The molecule has 0 amide bonds. The minimum Gasteiger partial charge on any atom is -0.290 e. The topological polar surface area (TPSA) is 3.24 Å². The van der Waals surface area contributed by atoms with E-state index in [0.717, 1.165) is 30.6 Å². The second kappa shape index (κ2) is 7.13. The zero-order valence-corrected chi connectivity index (χ0v) is 14.8. The summed E-state index contributed by atoms with van der Waals surface area (Å²) >= 11 is 0. The van der Waals surface area contributed by atoms with Gasteiger partial charge in [0.25, 0.3) is 0 Å². The molecule has 2 heteroatoms. The molecule has 0 aromatic heterocycles. The molecule has 0 saturated heterocycles. The maximum atomic E-state index is 14.1. The molecule has 0 atom stereocenters. The van der Waals surface area contributed by atoms with E-state index in [1.54, 1.807) is 12.1 Å². The van der Waals surface area contributed by atoms with E-state index >= 15 is 0 Å². The van der Waals surface area contributed by atoms with Crippen LogP contribution in [0.3, 0.4) is 0 Å². The number of halogens is 1. The Morgan fingerprint density at radius 3 is 2.24 bits per heavy atom. The average Bonchev–Trinajstić information content (AvgIpc) is 2.70. The summed E-state index contributed by atoms with van der Waals surface area (Å²) in [6.07, 6.45) is 9.60. The molecule has 0 bridgehead atoms. The maximum absolute atomic E-state index is 14.1. The Hall–Kier alpha value is -1.93. The van der Waals surface area contributed by atoms with Crippen molar-refractivity contribution in [2.45, 2.75) is 44.1 Å². The number of hydrogen-bond acceptors (Lipinski definition) is 1. The van der Waals surface area contributed by atoms with Gasteiger partial charge in [0.15, 0.2) is 0 Å². The van der Waals surface area contributed by atoms with Crippen LogP contribution < -0.4 is 0 Å². The van der Waals surface area contributed by atoms with Crippen LogP contribution in [0.15, 0.2) is 60.7 Å². The van der Waals surface area contributed by atoms with Crippen LogP contribution in [0.5, 0.6) is 0 Å². The van der Waals surface area contributed by atoms with Gasteiger partial charge >= 0.3 is 0 Å². The van der Waals surface area contributed by atoms with Gasteiger partial charge in [-0.05, 0) is 36.5 Å². The molecule has 0 spiro atoms. The maximum Gasteiger partial charge on any atom is 0.130 e. The van der Waals surface area contributed by atoms with E-state index in [9.17, 15) is 4.39 Å². The highest BCUT2D eigenvalue weighted by Gasteiger charge is 2.39. The largest absolute Gasteiger partial charge is 0.290 e. The fourth-order valence-corrected chi connectivity index (χ4v) is 4.70.